The maximum Gasteiger partial charge on any atom is 0.275 e. The predicted molar refractivity (Wildman–Crippen MR) is 117 cm³/mol. The first-order valence-electron chi connectivity index (χ1n) is 10.1. The van der Waals surface area contributed by atoms with Crippen molar-refractivity contribution in [3.05, 3.63) is 46.4 Å². The molecule has 2 aromatic heterocycles. The van der Waals surface area contributed by atoms with Crippen molar-refractivity contribution in [2.75, 3.05) is 12.4 Å². The van der Waals surface area contributed by atoms with Gasteiger partial charge in [0.05, 0.1) is 35.3 Å². The molecule has 1 aliphatic carbocycles. The van der Waals surface area contributed by atoms with Gasteiger partial charge >= 0.3 is 0 Å². The maximum atomic E-state index is 13.2. The number of carbonyl (C=O) groups excluding carboxylic acids is 1. The highest BCUT2D eigenvalue weighted by Crippen LogP contribution is 2.28. The third-order valence-corrected chi connectivity index (χ3v) is 5.88. The molecule has 3 aromatic rings. The van der Waals surface area contributed by atoms with Crippen LogP contribution in [-0.2, 0) is 6.54 Å². The summed E-state index contributed by atoms with van der Waals surface area (Å²) in [6, 6.07) is 6.57. The van der Waals surface area contributed by atoms with E-state index in [1.807, 2.05) is 0 Å². The molecule has 11 heteroatoms. The molecule has 10 nitrogen and oxygen atoms in total. The predicted octanol–water partition coefficient (Wildman–Crippen LogP) is 1.84. The summed E-state index contributed by atoms with van der Waals surface area (Å²) in [7, 11) is 1.60. The van der Waals surface area contributed by atoms with Crippen molar-refractivity contribution in [3.8, 4) is 6.07 Å². The van der Waals surface area contributed by atoms with Gasteiger partial charge in [-0.2, -0.15) is 10.4 Å². The van der Waals surface area contributed by atoms with Gasteiger partial charge in [0.1, 0.15) is 12.1 Å². The summed E-state index contributed by atoms with van der Waals surface area (Å²) in [6.07, 6.45) is 1.50. The fourth-order valence-electron chi connectivity index (χ4n) is 3.92. The van der Waals surface area contributed by atoms with Crippen molar-refractivity contribution < 1.29 is 15.0 Å². The number of carbonyl (C=O) groups is 1. The van der Waals surface area contributed by atoms with Gasteiger partial charge in [-0.15, -0.1) is 0 Å². The first-order chi connectivity index (χ1) is 15.4. The lowest BCUT2D eigenvalue weighted by Gasteiger charge is -2.32. The van der Waals surface area contributed by atoms with Crippen molar-refractivity contribution in [3.63, 3.8) is 0 Å². The highest BCUT2D eigenvalue weighted by Gasteiger charge is 2.32. The lowest BCUT2D eigenvalue weighted by atomic mass is 9.90. The van der Waals surface area contributed by atoms with E-state index in [9.17, 15) is 20.3 Å². The number of anilines is 1. The Hall–Kier alpha value is -3.26. The normalized spacial score (nSPS) is 20.7. The van der Waals surface area contributed by atoms with Crippen LogP contribution >= 0.6 is 11.6 Å². The fraction of sp³-hybridized carbons (Fsp3) is 0.381. The maximum absolute atomic E-state index is 13.2. The van der Waals surface area contributed by atoms with Crippen LogP contribution in [0.15, 0.2) is 24.5 Å². The number of amides is 1. The Labute approximate surface area is 188 Å². The van der Waals surface area contributed by atoms with Crippen LogP contribution < -0.4 is 5.32 Å². The molecule has 0 radical (unpaired) electrons. The molecular formula is C21H22ClN7O3. The summed E-state index contributed by atoms with van der Waals surface area (Å²) in [4.78, 5) is 23.0. The van der Waals surface area contributed by atoms with Crippen LogP contribution in [0.25, 0.3) is 11.0 Å². The molecule has 0 bridgehead atoms. The molecule has 2 heterocycles. The molecule has 1 saturated carbocycles. The number of aromatic nitrogens is 4. The number of nitriles is 1. The number of nitrogens with zero attached hydrogens (tertiary/aromatic N) is 5. The van der Waals surface area contributed by atoms with E-state index in [4.69, 9.17) is 11.6 Å². The third-order valence-electron chi connectivity index (χ3n) is 5.65. The Morgan fingerprint density at radius 3 is 2.97 bits per heavy atom. The zero-order valence-corrected chi connectivity index (χ0v) is 18.0. The summed E-state index contributed by atoms with van der Waals surface area (Å²) < 4.78 is 0. The molecule has 32 heavy (non-hydrogen) atoms. The molecule has 0 saturated heterocycles. The number of fused-ring (bicyclic) bond motifs is 1. The first-order valence-corrected chi connectivity index (χ1v) is 10.5. The number of halogens is 1. The van der Waals surface area contributed by atoms with Crippen molar-refractivity contribution in [1.29, 1.82) is 5.26 Å². The van der Waals surface area contributed by atoms with E-state index in [2.05, 4.69) is 31.6 Å². The van der Waals surface area contributed by atoms with Gasteiger partial charge in [0.2, 0.25) is 0 Å². The number of rotatable bonds is 5. The number of nitrogens with one attached hydrogen (secondary N) is 2. The minimum absolute atomic E-state index is 0.108. The van der Waals surface area contributed by atoms with E-state index in [0.29, 0.717) is 45.8 Å². The van der Waals surface area contributed by atoms with E-state index >= 15 is 0 Å². The molecule has 1 amide bonds. The molecule has 1 fully saturated rings. The smallest absolute Gasteiger partial charge is 0.275 e. The van der Waals surface area contributed by atoms with E-state index in [1.165, 1.54) is 11.2 Å². The topological polar surface area (TPSA) is 151 Å². The summed E-state index contributed by atoms with van der Waals surface area (Å²) in [6.45, 7) is 0.153. The van der Waals surface area contributed by atoms with Gasteiger partial charge in [-0.1, -0.05) is 11.6 Å². The van der Waals surface area contributed by atoms with Crippen LogP contribution in [-0.4, -0.2) is 66.5 Å². The molecule has 166 valence electrons. The quantitative estimate of drug-likeness (QED) is 0.455. The molecule has 1 aliphatic rings. The molecule has 1 aromatic carbocycles. The molecule has 0 spiro atoms. The Morgan fingerprint density at radius 2 is 2.19 bits per heavy atom. The Morgan fingerprint density at radius 1 is 1.38 bits per heavy atom. The van der Waals surface area contributed by atoms with Gasteiger partial charge in [-0.05, 0) is 43.0 Å². The zero-order valence-electron chi connectivity index (χ0n) is 17.3. The molecule has 0 aliphatic heterocycles. The van der Waals surface area contributed by atoms with Crippen LogP contribution in [0.1, 0.15) is 40.9 Å². The summed E-state index contributed by atoms with van der Waals surface area (Å²) in [5.74, 6) is -0.0543. The van der Waals surface area contributed by atoms with E-state index < -0.39 is 24.2 Å². The molecule has 4 N–H and O–H groups in total. The second kappa shape index (κ2) is 9.08. The van der Waals surface area contributed by atoms with Crippen molar-refractivity contribution in [2.45, 2.75) is 44.1 Å². The standard InChI is InChI=1S/C21H22ClN7O3/c1-29(9-12-7-13(22)6-5-11(12)8-23)21(32)17-16-19(24-10-25-20(16)28-27-17)26-14-3-2-4-15(30)18(14)31/h5-7,10,14-15,18,30-31H,2-4,9H2,1H3,(H2,24,25,26,27,28)/t14-,15-,18+/m1/s1. The van der Waals surface area contributed by atoms with Crippen LogP contribution in [0.3, 0.4) is 0 Å². The van der Waals surface area contributed by atoms with E-state index in [0.717, 1.165) is 6.42 Å². The zero-order chi connectivity index (χ0) is 22.8. The van der Waals surface area contributed by atoms with Gasteiger partial charge in [-0.3, -0.25) is 9.89 Å². The number of H-pyrrole nitrogens is 1. The molecule has 0 unspecified atom stereocenters. The minimum atomic E-state index is -0.949. The Balaban J connectivity index is 1.62. The SMILES string of the molecule is CN(Cc1cc(Cl)ccc1C#N)C(=O)c1n[nH]c2ncnc(N[C@@H]3CCC[C@@H](O)[C@H]3O)c12. The monoisotopic (exact) mass is 455 g/mol. The van der Waals surface area contributed by atoms with Crippen LogP contribution in [0.5, 0.6) is 0 Å². The Bertz CT molecular complexity index is 1190. The second-order valence-corrected chi connectivity index (χ2v) is 8.27. The van der Waals surface area contributed by atoms with Gasteiger partial charge in [0.25, 0.3) is 5.91 Å². The average molecular weight is 456 g/mol. The number of aromatic amines is 1. The summed E-state index contributed by atoms with van der Waals surface area (Å²) in [5.41, 5.74) is 1.52. The number of aliphatic hydroxyl groups excluding tert-OH is 2. The van der Waals surface area contributed by atoms with Crippen molar-refractivity contribution >= 4 is 34.4 Å². The number of aliphatic hydroxyl groups is 2. The second-order valence-electron chi connectivity index (χ2n) is 7.83. The molecule has 4 rings (SSSR count). The van der Waals surface area contributed by atoms with Crippen molar-refractivity contribution in [1.82, 2.24) is 25.1 Å². The van der Waals surface area contributed by atoms with Gasteiger partial charge in [-0.25, -0.2) is 9.97 Å². The fourth-order valence-corrected chi connectivity index (χ4v) is 4.12. The van der Waals surface area contributed by atoms with E-state index in [-0.39, 0.29) is 12.2 Å². The Kier molecular flexibility index (Phi) is 6.23. The third kappa shape index (κ3) is 4.23. The molecular weight excluding hydrogens is 434 g/mol. The van der Waals surface area contributed by atoms with Gasteiger partial charge in [0.15, 0.2) is 11.3 Å². The average Bonchev–Trinajstić information content (AvgIpc) is 3.21. The van der Waals surface area contributed by atoms with Gasteiger partial charge in [0, 0.05) is 18.6 Å². The summed E-state index contributed by atoms with van der Waals surface area (Å²) >= 11 is 6.06. The van der Waals surface area contributed by atoms with E-state index in [1.54, 1.807) is 25.2 Å². The summed E-state index contributed by atoms with van der Waals surface area (Å²) in [5, 5.41) is 40.6. The largest absolute Gasteiger partial charge is 0.390 e. The number of hydrogen-bond acceptors (Lipinski definition) is 8. The van der Waals surface area contributed by atoms with Crippen LogP contribution in [0.4, 0.5) is 5.82 Å². The molecule has 3 atom stereocenters. The van der Waals surface area contributed by atoms with Crippen LogP contribution in [0.2, 0.25) is 5.02 Å². The minimum Gasteiger partial charge on any atom is -0.390 e. The first kappa shape index (κ1) is 22.0. The number of benzene rings is 1. The van der Waals surface area contributed by atoms with Gasteiger partial charge < -0.3 is 20.4 Å². The lowest BCUT2D eigenvalue weighted by molar-refractivity contribution is -0.0161. The highest BCUT2D eigenvalue weighted by atomic mass is 35.5. The number of hydrogen-bond donors (Lipinski definition) is 4. The van der Waals surface area contributed by atoms with Crippen molar-refractivity contribution in [2.24, 2.45) is 0 Å². The lowest BCUT2D eigenvalue weighted by Crippen LogP contribution is -2.45. The highest BCUT2D eigenvalue weighted by molar-refractivity contribution is 6.30. The van der Waals surface area contributed by atoms with Crippen LogP contribution in [0, 0.1) is 11.3 Å².